The fraction of sp³-hybridized carbons (Fsp3) is 0.0909. The number of benzene rings is 1. The molecule has 0 aliphatic carbocycles. The zero-order chi connectivity index (χ0) is 10.7. The van der Waals surface area contributed by atoms with E-state index in [1.165, 1.54) is 0 Å². The lowest BCUT2D eigenvalue weighted by Crippen LogP contribution is -1.99. The molecule has 1 heterocycles. The third kappa shape index (κ3) is 2.57. The van der Waals surface area contributed by atoms with Crippen LogP contribution in [-0.4, -0.2) is 9.78 Å². The van der Waals surface area contributed by atoms with E-state index in [0.29, 0.717) is 5.56 Å². The van der Waals surface area contributed by atoms with Gasteiger partial charge in [0, 0.05) is 6.20 Å². The van der Waals surface area contributed by atoms with Gasteiger partial charge in [-0.2, -0.15) is 10.4 Å². The van der Waals surface area contributed by atoms with E-state index in [0.717, 1.165) is 15.7 Å². The van der Waals surface area contributed by atoms with E-state index in [2.05, 4.69) is 33.8 Å². The van der Waals surface area contributed by atoms with E-state index in [1.54, 1.807) is 0 Å². The molecule has 74 valence electrons. The largest absolute Gasteiger partial charge is 0.267 e. The highest BCUT2D eigenvalue weighted by molar-refractivity contribution is 14.1. The average Bonchev–Trinajstić information content (AvgIpc) is 2.65. The first kappa shape index (κ1) is 10.2. The second-order valence-electron chi connectivity index (χ2n) is 3.16. The van der Waals surface area contributed by atoms with E-state index in [9.17, 15) is 0 Å². The predicted molar refractivity (Wildman–Crippen MR) is 65.2 cm³/mol. The number of hydrogen-bond acceptors (Lipinski definition) is 2. The first-order valence-corrected chi connectivity index (χ1v) is 5.53. The Morgan fingerprint density at radius 1 is 1.33 bits per heavy atom. The lowest BCUT2D eigenvalue weighted by Gasteiger charge is -2.01. The van der Waals surface area contributed by atoms with E-state index in [-0.39, 0.29) is 0 Å². The molecule has 0 saturated carbocycles. The molecule has 4 heteroatoms. The van der Waals surface area contributed by atoms with Crippen molar-refractivity contribution in [2.75, 3.05) is 0 Å². The van der Waals surface area contributed by atoms with Crippen molar-refractivity contribution in [2.24, 2.45) is 0 Å². The maximum atomic E-state index is 8.65. The van der Waals surface area contributed by atoms with Crippen LogP contribution in [0, 0.1) is 14.9 Å². The van der Waals surface area contributed by atoms with Crippen molar-refractivity contribution < 1.29 is 0 Å². The van der Waals surface area contributed by atoms with Crippen molar-refractivity contribution in [3.8, 4) is 6.07 Å². The Labute approximate surface area is 101 Å². The zero-order valence-electron chi connectivity index (χ0n) is 7.89. The number of nitrogens with zero attached hydrogens (tertiary/aromatic N) is 3. The summed E-state index contributed by atoms with van der Waals surface area (Å²) in [5.74, 6) is 0. The molecule has 0 spiro atoms. The van der Waals surface area contributed by atoms with Crippen LogP contribution in [0.3, 0.4) is 0 Å². The third-order valence-electron chi connectivity index (χ3n) is 2.03. The molecule has 15 heavy (non-hydrogen) atoms. The normalized spacial score (nSPS) is 9.87. The summed E-state index contributed by atoms with van der Waals surface area (Å²) in [7, 11) is 0. The molecule has 0 aliphatic heterocycles. The second kappa shape index (κ2) is 4.45. The average molecular weight is 309 g/mol. The van der Waals surface area contributed by atoms with E-state index in [1.807, 2.05) is 41.3 Å². The van der Waals surface area contributed by atoms with E-state index < -0.39 is 0 Å². The number of aromatic nitrogens is 2. The van der Waals surface area contributed by atoms with Crippen molar-refractivity contribution in [1.29, 1.82) is 5.26 Å². The summed E-state index contributed by atoms with van der Waals surface area (Å²) >= 11 is 2.23. The summed E-state index contributed by atoms with van der Waals surface area (Å²) in [6, 6.07) is 9.65. The Kier molecular flexibility index (Phi) is 3.02. The van der Waals surface area contributed by atoms with Gasteiger partial charge in [0.2, 0.25) is 0 Å². The fourth-order valence-corrected chi connectivity index (χ4v) is 1.74. The highest BCUT2D eigenvalue weighted by atomic mass is 127. The Morgan fingerprint density at radius 3 is 2.60 bits per heavy atom. The summed E-state index contributed by atoms with van der Waals surface area (Å²) < 4.78 is 3.00. The second-order valence-corrected chi connectivity index (χ2v) is 4.41. The van der Waals surface area contributed by atoms with Crippen LogP contribution >= 0.6 is 22.6 Å². The van der Waals surface area contributed by atoms with Gasteiger partial charge in [-0.25, -0.2) is 0 Å². The predicted octanol–water partition coefficient (Wildman–Crippen LogP) is 2.41. The van der Waals surface area contributed by atoms with Crippen molar-refractivity contribution in [3.63, 3.8) is 0 Å². The van der Waals surface area contributed by atoms with Gasteiger partial charge in [0.15, 0.2) is 0 Å². The van der Waals surface area contributed by atoms with Gasteiger partial charge in [0.25, 0.3) is 0 Å². The minimum Gasteiger partial charge on any atom is -0.267 e. The first-order chi connectivity index (χ1) is 7.28. The molecule has 0 bridgehead atoms. The van der Waals surface area contributed by atoms with Crippen LogP contribution < -0.4 is 0 Å². The summed E-state index contributed by atoms with van der Waals surface area (Å²) in [4.78, 5) is 0. The molecular formula is C11H8IN3. The van der Waals surface area contributed by atoms with Crippen molar-refractivity contribution >= 4 is 22.6 Å². The van der Waals surface area contributed by atoms with Crippen LogP contribution in [0.15, 0.2) is 36.7 Å². The Morgan fingerprint density at radius 2 is 2.07 bits per heavy atom. The maximum Gasteiger partial charge on any atom is 0.0991 e. The molecule has 0 fully saturated rings. The highest BCUT2D eigenvalue weighted by Crippen LogP contribution is 2.07. The van der Waals surface area contributed by atoms with Crippen LogP contribution in [0.25, 0.3) is 0 Å². The zero-order valence-corrected chi connectivity index (χ0v) is 10.0. The van der Waals surface area contributed by atoms with Gasteiger partial charge in [0.05, 0.1) is 27.9 Å². The molecule has 0 amide bonds. The van der Waals surface area contributed by atoms with Gasteiger partial charge in [-0.1, -0.05) is 12.1 Å². The summed E-state index contributed by atoms with van der Waals surface area (Å²) in [5, 5.41) is 12.9. The molecule has 0 N–H and O–H groups in total. The Bertz CT molecular complexity index is 493. The lowest BCUT2D eigenvalue weighted by atomic mass is 10.1. The molecule has 2 aromatic rings. The number of halogens is 1. The van der Waals surface area contributed by atoms with E-state index in [4.69, 9.17) is 5.26 Å². The van der Waals surface area contributed by atoms with E-state index >= 15 is 0 Å². The molecule has 0 radical (unpaired) electrons. The Balaban J connectivity index is 2.15. The van der Waals surface area contributed by atoms with Gasteiger partial charge in [-0.15, -0.1) is 0 Å². The number of nitriles is 1. The van der Waals surface area contributed by atoms with Crippen LogP contribution in [0.4, 0.5) is 0 Å². The fourth-order valence-electron chi connectivity index (χ4n) is 1.30. The van der Waals surface area contributed by atoms with Crippen LogP contribution in [0.2, 0.25) is 0 Å². The van der Waals surface area contributed by atoms with Gasteiger partial charge < -0.3 is 0 Å². The minimum absolute atomic E-state index is 0.689. The summed E-state index contributed by atoms with van der Waals surface area (Å²) in [5.41, 5.74) is 1.84. The molecule has 0 unspecified atom stereocenters. The first-order valence-electron chi connectivity index (χ1n) is 4.45. The maximum absolute atomic E-state index is 8.65. The number of hydrogen-bond donors (Lipinski definition) is 0. The van der Waals surface area contributed by atoms with Gasteiger partial charge in [0.1, 0.15) is 0 Å². The van der Waals surface area contributed by atoms with Crippen LogP contribution in [-0.2, 0) is 6.54 Å². The lowest BCUT2D eigenvalue weighted by molar-refractivity contribution is 0.686. The molecule has 1 aromatic heterocycles. The summed E-state index contributed by atoms with van der Waals surface area (Å²) in [6.07, 6.45) is 3.81. The topological polar surface area (TPSA) is 41.6 Å². The smallest absolute Gasteiger partial charge is 0.0991 e. The van der Waals surface area contributed by atoms with Crippen molar-refractivity contribution in [1.82, 2.24) is 9.78 Å². The highest BCUT2D eigenvalue weighted by Gasteiger charge is 1.97. The third-order valence-corrected chi connectivity index (χ3v) is 2.59. The quantitative estimate of drug-likeness (QED) is 0.800. The number of rotatable bonds is 2. The van der Waals surface area contributed by atoms with Crippen molar-refractivity contribution in [2.45, 2.75) is 6.54 Å². The standard InChI is InChI=1S/C11H8IN3/c12-11-6-14-15(8-11)7-10-3-1-9(5-13)2-4-10/h1-4,6,8H,7H2. The molecular weight excluding hydrogens is 301 g/mol. The van der Waals surface area contributed by atoms with Crippen molar-refractivity contribution in [3.05, 3.63) is 51.4 Å². The summed E-state index contributed by atoms with van der Waals surface area (Å²) in [6.45, 7) is 0.745. The van der Waals surface area contributed by atoms with Gasteiger partial charge in [-0.05, 0) is 40.3 Å². The molecule has 0 atom stereocenters. The Hall–Kier alpha value is -1.35. The minimum atomic E-state index is 0.689. The molecule has 3 nitrogen and oxygen atoms in total. The SMILES string of the molecule is N#Cc1ccc(Cn2cc(I)cn2)cc1. The molecule has 0 saturated heterocycles. The molecule has 1 aromatic carbocycles. The molecule has 0 aliphatic rings. The molecule has 2 rings (SSSR count). The monoisotopic (exact) mass is 309 g/mol. The van der Waals surface area contributed by atoms with Gasteiger partial charge in [-0.3, -0.25) is 4.68 Å². The van der Waals surface area contributed by atoms with Crippen LogP contribution in [0.5, 0.6) is 0 Å². The van der Waals surface area contributed by atoms with Crippen LogP contribution in [0.1, 0.15) is 11.1 Å². The van der Waals surface area contributed by atoms with Gasteiger partial charge >= 0.3 is 0 Å².